The number of aromatic carboxylic acids is 1. The average molecular weight is 334 g/mol. The number of nitrogens with zero attached hydrogens (tertiary/aromatic N) is 1. The van der Waals surface area contributed by atoms with Crippen LogP contribution in [0.3, 0.4) is 0 Å². The van der Waals surface area contributed by atoms with Gasteiger partial charge in [-0.25, -0.2) is 17.9 Å². The molecule has 0 radical (unpaired) electrons. The highest BCUT2D eigenvalue weighted by molar-refractivity contribution is 7.89. The van der Waals surface area contributed by atoms with Crippen LogP contribution in [0.4, 0.5) is 0 Å². The zero-order valence-electron chi connectivity index (χ0n) is 12.0. The van der Waals surface area contributed by atoms with Gasteiger partial charge in [0.25, 0.3) is 0 Å². The number of carbonyl (C=O) groups excluding carboxylic acids is 1. The molecular formula is C12H18N2O5S2. The number of sulfonamides is 1. The minimum atomic E-state index is -4.04. The Morgan fingerprint density at radius 2 is 1.90 bits per heavy atom. The minimum absolute atomic E-state index is 0.254. The van der Waals surface area contributed by atoms with Gasteiger partial charge in [-0.1, -0.05) is 0 Å². The number of carboxylic acids is 1. The number of rotatable bonds is 7. The first-order valence-electron chi connectivity index (χ1n) is 6.33. The molecule has 0 aliphatic rings. The molecule has 1 amide bonds. The van der Waals surface area contributed by atoms with Crippen LogP contribution in [0.15, 0.2) is 10.3 Å². The van der Waals surface area contributed by atoms with E-state index in [1.165, 1.54) is 17.2 Å². The zero-order chi connectivity index (χ0) is 16.2. The van der Waals surface area contributed by atoms with Crippen LogP contribution in [0.2, 0.25) is 0 Å². The zero-order valence-corrected chi connectivity index (χ0v) is 13.7. The average Bonchev–Trinajstić information content (AvgIpc) is 2.81. The molecule has 118 valence electrons. The molecule has 7 nitrogen and oxygen atoms in total. The summed E-state index contributed by atoms with van der Waals surface area (Å²) < 4.78 is 26.6. The van der Waals surface area contributed by atoms with Crippen LogP contribution in [0.25, 0.3) is 0 Å². The van der Waals surface area contributed by atoms with Crippen LogP contribution in [-0.4, -0.2) is 49.9 Å². The van der Waals surface area contributed by atoms with E-state index in [9.17, 15) is 18.0 Å². The Labute approximate surface area is 127 Å². The number of likely N-dealkylation sites (N-methyl/N-ethyl adjacent to an activating group) is 1. The van der Waals surface area contributed by atoms with Crippen molar-refractivity contribution in [2.45, 2.75) is 25.7 Å². The summed E-state index contributed by atoms with van der Waals surface area (Å²) in [5.41, 5.74) is 0.347. The standard InChI is InChI=1S/C12H18N2O5S2/c1-4-14(5-2)9(15)6-13-21(18,19)11-8(3)7-20-10(11)12(16)17/h7,13H,4-6H2,1-3H3,(H,16,17). The molecule has 0 saturated heterocycles. The van der Waals surface area contributed by atoms with Gasteiger partial charge < -0.3 is 10.0 Å². The first-order valence-corrected chi connectivity index (χ1v) is 8.69. The van der Waals surface area contributed by atoms with E-state index in [1.807, 2.05) is 0 Å². The summed E-state index contributed by atoms with van der Waals surface area (Å²) in [5, 5.41) is 10.5. The molecule has 1 heterocycles. The predicted molar refractivity (Wildman–Crippen MR) is 79.1 cm³/mol. The maximum absolute atomic E-state index is 12.2. The van der Waals surface area contributed by atoms with Crippen molar-refractivity contribution in [3.8, 4) is 0 Å². The van der Waals surface area contributed by atoms with E-state index < -0.39 is 22.5 Å². The van der Waals surface area contributed by atoms with Gasteiger partial charge in [0.2, 0.25) is 15.9 Å². The molecule has 0 fully saturated rings. The smallest absolute Gasteiger partial charge is 0.347 e. The number of amides is 1. The predicted octanol–water partition coefficient (Wildman–Crippen LogP) is 0.901. The van der Waals surface area contributed by atoms with Crippen molar-refractivity contribution in [3.05, 3.63) is 15.8 Å². The van der Waals surface area contributed by atoms with Crippen molar-refractivity contribution in [1.82, 2.24) is 9.62 Å². The third-order valence-corrected chi connectivity index (χ3v) is 5.71. The number of carbonyl (C=O) groups is 2. The van der Waals surface area contributed by atoms with Crippen molar-refractivity contribution in [2.24, 2.45) is 0 Å². The Kier molecular flexibility index (Phi) is 5.87. The largest absolute Gasteiger partial charge is 0.477 e. The highest BCUT2D eigenvalue weighted by Crippen LogP contribution is 2.26. The summed E-state index contributed by atoms with van der Waals surface area (Å²) in [7, 11) is -4.04. The Morgan fingerprint density at radius 1 is 1.33 bits per heavy atom. The molecule has 0 aliphatic carbocycles. The number of hydrogen-bond acceptors (Lipinski definition) is 5. The summed E-state index contributed by atoms with van der Waals surface area (Å²) in [4.78, 5) is 23.8. The van der Waals surface area contributed by atoms with E-state index >= 15 is 0 Å². The molecular weight excluding hydrogens is 316 g/mol. The molecule has 0 unspecified atom stereocenters. The Morgan fingerprint density at radius 3 is 2.38 bits per heavy atom. The third-order valence-electron chi connectivity index (χ3n) is 2.91. The summed E-state index contributed by atoms with van der Waals surface area (Å²) in [6.07, 6.45) is 0. The molecule has 0 aliphatic heterocycles. The van der Waals surface area contributed by atoms with Crippen molar-refractivity contribution in [3.63, 3.8) is 0 Å². The summed E-state index contributed by atoms with van der Waals surface area (Å²) >= 11 is 0.847. The molecule has 21 heavy (non-hydrogen) atoms. The van der Waals surface area contributed by atoms with Gasteiger partial charge in [-0.2, -0.15) is 0 Å². The minimum Gasteiger partial charge on any atom is -0.477 e. The first-order chi connectivity index (χ1) is 9.74. The lowest BCUT2D eigenvalue weighted by atomic mass is 10.3. The van der Waals surface area contributed by atoms with Gasteiger partial charge >= 0.3 is 5.97 Å². The van der Waals surface area contributed by atoms with Crippen LogP contribution < -0.4 is 4.72 Å². The summed E-state index contributed by atoms with van der Waals surface area (Å²) in [6.45, 7) is 5.68. The van der Waals surface area contributed by atoms with E-state index in [4.69, 9.17) is 5.11 Å². The van der Waals surface area contributed by atoms with E-state index in [0.717, 1.165) is 11.3 Å². The van der Waals surface area contributed by atoms with Gasteiger partial charge in [-0.3, -0.25) is 4.79 Å². The molecule has 1 aromatic heterocycles. The van der Waals surface area contributed by atoms with Crippen LogP contribution in [-0.2, 0) is 14.8 Å². The highest BCUT2D eigenvalue weighted by Gasteiger charge is 2.27. The van der Waals surface area contributed by atoms with E-state index in [-0.39, 0.29) is 15.7 Å². The maximum atomic E-state index is 12.2. The van der Waals surface area contributed by atoms with Gasteiger partial charge in [0, 0.05) is 13.1 Å². The number of thiophene rings is 1. The van der Waals surface area contributed by atoms with Gasteiger partial charge in [-0.15, -0.1) is 11.3 Å². The Hall–Kier alpha value is -1.45. The summed E-state index contributed by atoms with van der Waals surface area (Å²) in [6, 6.07) is 0. The van der Waals surface area contributed by atoms with Crippen LogP contribution in [0.5, 0.6) is 0 Å². The van der Waals surface area contributed by atoms with E-state index in [0.29, 0.717) is 18.7 Å². The second-order valence-electron chi connectivity index (χ2n) is 4.27. The molecule has 2 N–H and O–H groups in total. The van der Waals surface area contributed by atoms with Crippen molar-refractivity contribution >= 4 is 33.2 Å². The first kappa shape index (κ1) is 17.6. The van der Waals surface area contributed by atoms with Gasteiger partial charge in [-0.05, 0) is 31.7 Å². The van der Waals surface area contributed by atoms with E-state index in [1.54, 1.807) is 13.8 Å². The van der Waals surface area contributed by atoms with Crippen LogP contribution >= 0.6 is 11.3 Å². The van der Waals surface area contributed by atoms with Gasteiger partial charge in [0.15, 0.2) is 0 Å². The monoisotopic (exact) mass is 334 g/mol. The number of hydrogen-bond donors (Lipinski definition) is 2. The van der Waals surface area contributed by atoms with Crippen LogP contribution in [0, 0.1) is 6.92 Å². The van der Waals surface area contributed by atoms with Crippen molar-refractivity contribution in [1.29, 1.82) is 0 Å². The number of aryl methyl sites for hydroxylation is 1. The normalized spacial score (nSPS) is 11.4. The molecule has 0 aromatic carbocycles. The molecule has 1 rings (SSSR count). The molecule has 0 spiro atoms. The fourth-order valence-electron chi connectivity index (χ4n) is 1.83. The molecule has 0 atom stereocenters. The fraction of sp³-hybridized carbons (Fsp3) is 0.500. The SMILES string of the molecule is CCN(CC)C(=O)CNS(=O)(=O)c1c(C)csc1C(=O)O. The molecule has 1 aromatic rings. The van der Waals surface area contributed by atoms with Crippen molar-refractivity contribution in [2.75, 3.05) is 19.6 Å². The lowest BCUT2D eigenvalue weighted by Crippen LogP contribution is -2.40. The Balaban J connectivity index is 2.96. The second kappa shape index (κ2) is 7.01. The lowest BCUT2D eigenvalue weighted by molar-refractivity contribution is -0.129. The molecule has 9 heteroatoms. The fourth-order valence-corrected chi connectivity index (χ4v) is 4.43. The van der Waals surface area contributed by atoms with E-state index in [2.05, 4.69) is 4.72 Å². The Bertz CT molecular complexity index is 632. The maximum Gasteiger partial charge on any atom is 0.347 e. The third kappa shape index (κ3) is 4.02. The number of nitrogens with one attached hydrogen (secondary N) is 1. The van der Waals surface area contributed by atoms with Gasteiger partial charge in [0.1, 0.15) is 9.77 Å². The molecule has 0 bridgehead atoms. The van der Waals surface area contributed by atoms with Gasteiger partial charge in [0.05, 0.1) is 6.54 Å². The number of carboxylic acid groups (broad SMARTS) is 1. The molecule has 0 saturated carbocycles. The van der Waals surface area contributed by atoms with Crippen LogP contribution in [0.1, 0.15) is 29.1 Å². The second-order valence-corrected chi connectivity index (χ2v) is 6.86. The topological polar surface area (TPSA) is 104 Å². The quantitative estimate of drug-likeness (QED) is 0.771. The lowest BCUT2D eigenvalue weighted by Gasteiger charge is -2.18. The van der Waals surface area contributed by atoms with Crippen molar-refractivity contribution < 1.29 is 23.1 Å². The summed E-state index contributed by atoms with van der Waals surface area (Å²) in [5.74, 6) is -1.66. The highest BCUT2D eigenvalue weighted by atomic mass is 32.2.